The normalized spacial score (nSPS) is 14.4. The van der Waals surface area contributed by atoms with Crippen LogP contribution in [0.1, 0.15) is 50.8 Å². The van der Waals surface area contributed by atoms with Crippen LogP contribution < -0.4 is 9.47 Å². The molecule has 6 heteroatoms. The first-order valence-electron chi connectivity index (χ1n) is 12.5. The van der Waals surface area contributed by atoms with E-state index in [2.05, 4.69) is 18.7 Å². The smallest absolute Gasteiger partial charge is 0.227 e. The highest BCUT2D eigenvalue weighted by molar-refractivity contribution is 5.44. The van der Waals surface area contributed by atoms with Gasteiger partial charge in [0.1, 0.15) is 11.5 Å². The maximum atomic E-state index is 10.6. The number of methoxy groups -OCH3 is 1. The van der Waals surface area contributed by atoms with E-state index in [0.29, 0.717) is 18.8 Å². The number of hydrogen-bond donors (Lipinski definition) is 1. The second-order valence-corrected chi connectivity index (χ2v) is 9.19. The quantitative estimate of drug-likeness (QED) is 0.357. The molecule has 1 aromatic heterocycles. The van der Waals surface area contributed by atoms with Crippen LogP contribution in [0.5, 0.6) is 17.4 Å². The summed E-state index contributed by atoms with van der Waals surface area (Å²) in [6, 6.07) is 17.8. The molecular formula is C28H37N3O3. The van der Waals surface area contributed by atoms with E-state index in [1.807, 2.05) is 59.3 Å². The maximum Gasteiger partial charge on any atom is 0.227 e. The summed E-state index contributed by atoms with van der Waals surface area (Å²) in [4.78, 5) is 2.39. The number of aryl methyl sites for hydroxylation is 1. The van der Waals surface area contributed by atoms with Crippen molar-refractivity contribution in [1.82, 2.24) is 14.7 Å². The van der Waals surface area contributed by atoms with Gasteiger partial charge in [0.25, 0.3) is 0 Å². The van der Waals surface area contributed by atoms with Crippen LogP contribution >= 0.6 is 0 Å². The maximum absolute atomic E-state index is 10.6. The average molecular weight is 464 g/mol. The highest BCUT2D eigenvalue weighted by atomic mass is 16.5. The van der Waals surface area contributed by atoms with Crippen LogP contribution in [0.2, 0.25) is 0 Å². The van der Waals surface area contributed by atoms with E-state index in [1.165, 1.54) is 12.8 Å². The summed E-state index contributed by atoms with van der Waals surface area (Å²) >= 11 is 0. The number of aromatic nitrogens is 2. The minimum Gasteiger partial charge on any atom is -0.497 e. The minimum absolute atomic E-state index is 0.319. The fourth-order valence-electron chi connectivity index (χ4n) is 4.36. The van der Waals surface area contributed by atoms with Gasteiger partial charge in [0.15, 0.2) is 0 Å². The Kier molecular flexibility index (Phi) is 8.25. The Morgan fingerprint density at radius 1 is 1.09 bits per heavy atom. The van der Waals surface area contributed by atoms with Crippen LogP contribution in [0.25, 0.3) is 5.69 Å². The van der Waals surface area contributed by atoms with Crippen LogP contribution in [-0.2, 0) is 13.0 Å². The van der Waals surface area contributed by atoms with Crippen LogP contribution in [0.4, 0.5) is 0 Å². The fourth-order valence-corrected chi connectivity index (χ4v) is 4.36. The van der Waals surface area contributed by atoms with Crippen molar-refractivity contribution in [1.29, 1.82) is 0 Å². The number of para-hydroxylation sites is 1. The summed E-state index contributed by atoms with van der Waals surface area (Å²) in [5.74, 6) is 2.91. The molecule has 1 atom stereocenters. The van der Waals surface area contributed by atoms with Gasteiger partial charge in [-0.25, -0.2) is 4.68 Å². The molecule has 0 spiro atoms. The summed E-state index contributed by atoms with van der Waals surface area (Å²) in [5.41, 5.74) is 3.06. The first-order chi connectivity index (χ1) is 16.6. The van der Waals surface area contributed by atoms with Crippen LogP contribution in [0.15, 0.2) is 54.6 Å². The second kappa shape index (κ2) is 11.5. The monoisotopic (exact) mass is 463 g/mol. The van der Waals surface area contributed by atoms with E-state index in [0.717, 1.165) is 60.3 Å². The first kappa shape index (κ1) is 24.3. The minimum atomic E-state index is -0.319. The van der Waals surface area contributed by atoms with Crippen molar-refractivity contribution < 1.29 is 14.6 Å². The number of rotatable bonds is 13. The molecule has 3 aromatic rings. The molecule has 182 valence electrons. The molecule has 1 N–H and O–H groups in total. The van der Waals surface area contributed by atoms with Crippen molar-refractivity contribution in [2.75, 3.05) is 20.2 Å². The molecule has 0 saturated heterocycles. The number of benzene rings is 2. The summed E-state index contributed by atoms with van der Waals surface area (Å²) in [5, 5.41) is 15.6. The van der Waals surface area contributed by atoms with Crippen molar-refractivity contribution in [2.45, 2.75) is 58.6 Å². The van der Waals surface area contributed by atoms with Crippen molar-refractivity contribution >= 4 is 0 Å². The Balaban J connectivity index is 1.72. The van der Waals surface area contributed by atoms with E-state index < -0.39 is 0 Å². The molecule has 0 aliphatic heterocycles. The summed E-state index contributed by atoms with van der Waals surface area (Å²) in [7, 11) is 1.66. The third-order valence-electron chi connectivity index (χ3n) is 6.30. The highest BCUT2D eigenvalue weighted by Gasteiger charge is 2.28. The van der Waals surface area contributed by atoms with Crippen LogP contribution in [0, 0.1) is 5.92 Å². The number of hydrogen-bond acceptors (Lipinski definition) is 5. The molecule has 1 aliphatic rings. The zero-order valence-corrected chi connectivity index (χ0v) is 20.6. The van der Waals surface area contributed by atoms with Gasteiger partial charge in [-0.2, -0.15) is 5.10 Å². The Hall–Kier alpha value is -2.83. The first-order valence-corrected chi connectivity index (χ1v) is 12.5. The third-order valence-corrected chi connectivity index (χ3v) is 6.30. The van der Waals surface area contributed by atoms with E-state index >= 15 is 0 Å². The molecule has 2 aromatic carbocycles. The Labute approximate surface area is 203 Å². The summed E-state index contributed by atoms with van der Waals surface area (Å²) < 4.78 is 13.8. The van der Waals surface area contributed by atoms with Crippen LogP contribution in [0.3, 0.4) is 0 Å². The van der Waals surface area contributed by atoms with Crippen molar-refractivity contribution in [3.63, 3.8) is 0 Å². The van der Waals surface area contributed by atoms with Gasteiger partial charge >= 0.3 is 0 Å². The van der Waals surface area contributed by atoms with Gasteiger partial charge in [-0.1, -0.05) is 44.5 Å². The molecule has 1 saturated carbocycles. The van der Waals surface area contributed by atoms with Gasteiger partial charge in [0.2, 0.25) is 5.88 Å². The molecule has 34 heavy (non-hydrogen) atoms. The van der Waals surface area contributed by atoms with Gasteiger partial charge < -0.3 is 14.6 Å². The molecule has 0 radical (unpaired) electrons. The van der Waals surface area contributed by atoms with E-state index in [1.54, 1.807) is 7.11 Å². The third kappa shape index (κ3) is 6.19. The molecule has 1 heterocycles. The summed E-state index contributed by atoms with van der Waals surface area (Å²) in [6.45, 7) is 6.62. The Bertz CT molecular complexity index is 1050. The largest absolute Gasteiger partial charge is 0.497 e. The lowest BCUT2D eigenvalue weighted by Gasteiger charge is -2.25. The van der Waals surface area contributed by atoms with Crippen molar-refractivity contribution in [2.24, 2.45) is 5.92 Å². The predicted octanol–water partition coefficient (Wildman–Crippen LogP) is 5.61. The highest BCUT2D eigenvalue weighted by Crippen LogP contribution is 2.35. The van der Waals surface area contributed by atoms with E-state index in [-0.39, 0.29) is 6.10 Å². The average Bonchev–Trinajstić information content (AvgIpc) is 3.61. The lowest BCUT2D eigenvalue weighted by Crippen LogP contribution is -2.34. The topological polar surface area (TPSA) is 59.8 Å². The van der Waals surface area contributed by atoms with Gasteiger partial charge in [0.05, 0.1) is 30.2 Å². The molecule has 4 rings (SSSR count). The molecule has 0 amide bonds. The van der Waals surface area contributed by atoms with Crippen LogP contribution in [-0.4, -0.2) is 46.1 Å². The molecule has 1 aliphatic carbocycles. The zero-order valence-electron chi connectivity index (χ0n) is 20.6. The Morgan fingerprint density at radius 2 is 1.85 bits per heavy atom. The molecule has 6 nitrogen and oxygen atoms in total. The van der Waals surface area contributed by atoms with Gasteiger partial charge in [-0.15, -0.1) is 0 Å². The Morgan fingerprint density at radius 3 is 2.53 bits per heavy atom. The SMILES string of the molecule is CCC[C@H](O)CN(Cc1c(CC)nn(-c2ccccc2)c1Oc1cccc(OC)c1)CC1CC1. The standard InChI is InChI=1S/C28H37N3O3/c1-4-10-23(32)19-30(18-21-15-16-21)20-26-27(5-2)29-31(22-11-7-6-8-12-22)28(26)34-25-14-9-13-24(17-25)33-3/h6-9,11-14,17,21,23,32H,4-5,10,15-16,18-20H2,1-3H3/t23-/m0/s1. The lowest BCUT2D eigenvalue weighted by atomic mass is 10.1. The van der Waals surface area contributed by atoms with Gasteiger partial charge in [0, 0.05) is 25.7 Å². The zero-order chi connectivity index (χ0) is 23.9. The molecule has 0 bridgehead atoms. The number of nitrogens with zero attached hydrogens (tertiary/aromatic N) is 3. The number of ether oxygens (including phenoxy) is 2. The van der Waals surface area contributed by atoms with Crippen molar-refractivity contribution in [3.8, 4) is 23.1 Å². The number of aliphatic hydroxyl groups is 1. The molecular weight excluding hydrogens is 426 g/mol. The molecule has 0 unspecified atom stereocenters. The second-order valence-electron chi connectivity index (χ2n) is 9.19. The van der Waals surface area contributed by atoms with Crippen molar-refractivity contribution in [3.05, 3.63) is 65.9 Å². The fraction of sp³-hybridized carbons (Fsp3) is 0.464. The van der Waals surface area contributed by atoms with E-state index in [4.69, 9.17) is 14.6 Å². The lowest BCUT2D eigenvalue weighted by molar-refractivity contribution is 0.0977. The predicted molar refractivity (Wildman–Crippen MR) is 135 cm³/mol. The van der Waals surface area contributed by atoms with Gasteiger partial charge in [-0.3, -0.25) is 4.90 Å². The number of aliphatic hydroxyl groups excluding tert-OH is 1. The van der Waals surface area contributed by atoms with Gasteiger partial charge in [-0.05, 0) is 55.9 Å². The van der Waals surface area contributed by atoms with E-state index in [9.17, 15) is 5.11 Å². The molecule has 1 fully saturated rings. The summed E-state index contributed by atoms with van der Waals surface area (Å²) in [6.07, 6.45) is 4.83.